The van der Waals surface area contributed by atoms with Gasteiger partial charge in [0.25, 0.3) is 0 Å². The Hall–Kier alpha value is -3.79. The molecule has 3 N–H and O–H groups in total. The number of rotatable bonds is 9. The average Bonchev–Trinajstić information content (AvgIpc) is 3.26. The highest BCUT2D eigenvalue weighted by Crippen LogP contribution is 2.36. The summed E-state index contributed by atoms with van der Waals surface area (Å²) < 4.78 is 20.2. The predicted octanol–water partition coefficient (Wildman–Crippen LogP) is 3.36. The molecule has 2 aliphatic rings. The minimum Gasteiger partial charge on any atom is -0.442 e. The smallest absolute Gasteiger partial charge is 0.414 e. The van der Waals surface area contributed by atoms with Crippen molar-refractivity contribution in [2.75, 3.05) is 36.4 Å². The number of carbonyl (C=O) groups is 4. The number of ether oxygens (including phenoxy) is 1. The van der Waals surface area contributed by atoms with Crippen molar-refractivity contribution in [3.63, 3.8) is 0 Å². The maximum absolute atomic E-state index is 14.8. The number of anilines is 2. The second kappa shape index (κ2) is 12.0. The summed E-state index contributed by atoms with van der Waals surface area (Å²) in [6, 6.07) is 11.2. The van der Waals surface area contributed by atoms with Gasteiger partial charge in [-0.05, 0) is 68.2 Å². The first-order valence-electron chi connectivity index (χ1n) is 12.5. The number of halogens is 1. The lowest BCUT2D eigenvalue weighted by atomic mass is 9.88. The molecule has 0 aliphatic carbocycles. The Morgan fingerprint density at radius 3 is 2.51 bits per heavy atom. The van der Waals surface area contributed by atoms with E-state index in [2.05, 4.69) is 16.0 Å². The molecule has 10 heteroatoms. The average molecular weight is 511 g/mol. The predicted molar refractivity (Wildman–Crippen MR) is 136 cm³/mol. The van der Waals surface area contributed by atoms with Crippen molar-refractivity contribution in [2.45, 2.75) is 44.6 Å². The Bertz CT molecular complexity index is 1160. The Morgan fingerprint density at radius 1 is 1.08 bits per heavy atom. The highest BCUT2D eigenvalue weighted by Gasteiger charge is 2.35. The number of amides is 3. The molecule has 2 saturated heterocycles. The van der Waals surface area contributed by atoms with Gasteiger partial charge in [-0.2, -0.15) is 0 Å². The summed E-state index contributed by atoms with van der Waals surface area (Å²) in [5.74, 6) is -1.05. The molecule has 0 spiro atoms. The zero-order valence-corrected chi connectivity index (χ0v) is 20.7. The molecule has 2 aliphatic heterocycles. The Balaban J connectivity index is 1.28. The van der Waals surface area contributed by atoms with Crippen LogP contribution < -0.4 is 20.9 Å². The van der Waals surface area contributed by atoms with Crippen LogP contribution in [-0.2, 0) is 14.3 Å². The normalized spacial score (nSPS) is 17.8. The molecule has 2 fully saturated rings. The molecule has 1 atom stereocenters. The van der Waals surface area contributed by atoms with Gasteiger partial charge in [-0.25, -0.2) is 9.18 Å². The number of benzene rings is 2. The fourth-order valence-electron chi connectivity index (χ4n) is 4.73. The lowest BCUT2D eigenvalue weighted by Crippen LogP contribution is -2.35. The molecule has 4 rings (SSSR count). The van der Waals surface area contributed by atoms with Crippen molar-refractivity contribution in [3.05, 3.63) is 59.4 Å². The van der Waals surface area contributed by atoms with Crippen molar-refractivity contribution < 1.29 is 28.3 Å². The molecule has 0 unspecified atom stereocenters. The maximum Gasteiger partial charge on any atom is 0.414 e. The number of hydrogen-bond acceptors (Lipinski definition) is 6. The van der Waals surface area contributed by atoms with Gasteiger partial charge in [-0.3, -0.25) is 19.3 Å². The molecular formula is C27H31FN4O5. The van der Waals surface area contributed by atoms with E-state index in [1.807, 2.05) is 0 Å². The van der Waals surface area contributed by atoms with E-state index in [0.717, 1.165) is 25.9 Å². The summed E-state index contributed by atoms with van der Waals surface area (Å²) in [4.78, 5) is 49.9. The van der Waals surface area contributed by atoms with Gasteiger partial charge in [0.15, 0.2) is 5.78 Å². The van der Waals surface area contributed by atoms with Crippen LogP contribution in [0.15, 0.2) is 42.5 Å². The fraction of sp³-hybridized carbons (Fsp3) is 0.407. The van der Waals surface area contributed by atoms with Crippen molar-refractivity contribution in [3.8, 4) is 0 Å². The van der Waals surface area contributed by atoms with Gasteiger partial charge in [-0.1, -0.05) is 6.07 Å². The first-order valence-corrected chi connectivity index (χ1v) is 12.5. The van der Waals surface area contributed by atoms with Crippen molar-refractivity contribution >= 4 is 35.1 Å². The van der Waals surface area contributed by atoms with Crippen LogP contribution >= 0.6 is 0 Å². The minimum absolute atomic E-state index is 0.0135. The number of nitrogens with one attached hydrogen (secondary N) is 3. The van der Waals surface area contributed by atoms with Crippen LogP contribution in [0.25, 0.3) is 0 Å². The van der Waals surface area contributed by atoms with Gasteiger partial charge < -0.3 is 20.7 Å². The topological polar surface area (TPSA) is 117 Å². The van der Waals surface area contributed by atoms with Gasteiger partial charge in [0, 0.05) is 36.6 Å². The van der Waals surface area contributed by atoms with E-state index in [4.69, 9.17) is 4.74 Å². The highest BCUT2D eigenvalue weighted by atomic mass is 19.1. The second-order valence-electron chi connectivity index (χ2n) is 9.30. The number of nitrogens with zero attached hydrogens (tertiary/aromatic N) is 1. The second-order valence-corrected chi connectivity index (χ2v) is 9.30. The molecule has 2 aromatic rings. The van der Waals surface area contributed by atoms with Gasteiger partial charge in [0.05, 0.1) is 18.8 Å². The van der Waals surface area contributed by atoms with Crippen molar-refractivity contribution in [1.82, 2.24) is 10.6 Å². The van der Waals surface area contributed by atoms with Gasteiger partial charge in [0.1, 0.15) is 11.9 Å². The van der Waals surface area contributed by atoms with Crippen LogP contribution in [0.5, 0.6) is 0 Å². The van der Waals surface area contributed by atoms with Gasteiger partial charge >= 0.3 is 6.09 Å². The molecule has 196 valence electrons. The summed E-state index contributed by atoms with van der Waals surface area (Å²) in [5, 5.41) is 8.62. The molecule has 9 nitrogen and oxygen atoms in total. The molecule has 0 bridgehead atoms. The minimum atomic E-state index is -0.586. The Morgan fingerprint density at radius 2 is 1.81 bits per heavy atom. The third kappa shape index (κ3) is 6.71. The summed E-state index contributed by atoms with van der Waals surface area (Å²) in [6.45, 7) is 3.28. The first kappa shape index (κ1) is 26.3. The van der Waals surface area contributed by atoms with Gasteiger partial charge in [0.2, 0.25) is 11.8 Å². The summed E-state index contributed by atoms with van der Waals surface area (Å²) in [7, 11) is 0. The zero-order chi connectivity index (χ0) is 26.4. The molecule has 2 heterocycles. The largest absolute Gasteiger partial charge is 0.442 e. The van der Waals surface area contributed by atoms with E-state index in [9.17, 15) is 23.6 Å². The van der Waals surface area contributed by atoms with E-state index in [-0.39, 0.29) is 55.3 Å². The number of cyclic esters (lactones) is 1. The first-order chi connectivity index (χ1) is 17.8. The highest BCUT2D eigenvalue weighted by molar-refractivity contribution is 5.98. The molecule has 0 radical (unpaired) electrons. The van der Waals surface area contributed by atoms with Crippen LogP contribution in [0.1, 0.15) is 54.4 Å². The number of piperidine rings is 1. The lowest BCUT2D eigenvalue weighted by Gasteiger charge is -2.27. The Labute approximate surface area is 214 Å². The summed E-state index contributed by atoms with van der Waals surface area (Å²) in [6.07, 6.45) is 0.421. The van der Waals surface area contributed by atoms with E-state index in [1.54, 1.807) is 36.4 Å². The van der Waals surface area contributed by atoms with Gasteiger partial charge in [-0.15, -0.1) is 0 Å². The van der Waals surface area contributed by atoms with E-state index < -0.39 is 12.2 Å². The molecule has 0 aromatic heterocycles. The number of carbonyl (C=O) groups excluding carboxylic acids is 4. The van der Waals surface area contributed by atoms with E-state index in [1.165, 1.54) is 17.9 Å². The molecule has 37 heavy (non-hydrogen) atoms. The quantitative estimate of drug-likeness (QED) is 0.446. The lowest BCUT2D eigenvalue weighted by molar-refractivity contribution is -0.121. The molecule has 3 amide bonds. The third-order valence-corrected chi connectivity index (χ3v) is 6.58. The number of Topliss-reactive ketones (excluding diaryl/α,β-unsaturated/α-hetero) is 1. The SMILES string of the molecule is CC(=O)Nc1ccc(C(=O)CCC(=O)NC[C@H]2CN(c3cccc(F)c3C3CCNCC3)C(=O)O2)cc1. The van der Waals surface area contributed by atoms with Crippen LogP contribution in [0, 0.1) is 5.82 Å². The standard InChI is InChI=1S/C27H31FN4O5/c1-17(33)31-20-7-5-18(6-8-20)24(34)9-10-25(35)30-15-21-16-32(27(36)37-21)23-4-2-3-22(28)26(23)19-11-13-29-14-12-19/h2-8,19,21,29H,9-16H2,1H3,(H,30,35)(H,31,33)/t21-/m0/s1. The van der Waals surface area contributed by atoms with Crippen LogP contribution in [0.2, 0.25) is 0 Å². The summed E-state index contributed by atoms with van der Waals surface area (Å²) >= 11 is 0. The number of ketones is 1. The number of hydrogen-bond donors (Lipinski definition) is 3. The van der Waals surface area contributed by atoms with Crippen LogP contribution in [0.3, 0.4) is 0 Å². The Kier molecular flexibility index (Phi) is 8.50. The van der Waals surface area contributed by atoms with Crippen molar-refractivity contribution in [2.24, 2.45) is 0 Å². The van der Waals surface area contributed by atoms with E-state index >= 15 is 0 Å². The molecule has 2 aromatic carbocycles. The molecular weight excluding hydrogens is 479 g/mol. The monoisotopic (exact) mass is 510 g/mol. The fourth-order valence-corrected chi connectivity index (χ4v) is 4.73. The van der Waals surface area contributed by atoms with E-state index in [0.29, 0.717) is 22.5 Å². The summed E-state index contributed by atoms with van der Waals surface area (Å²) in [5.41, 5.74) is 2.08. The zero-order valence-electron chi connectivity index (χ0n) is 20.7. The molecule has 0 saturated carbocycles. The van der Waals surface area contributed by atoms with Crippen LogP contribution in [0.4, 0.5) is 20.6 Å². The maximum atomic E-state index is 14.8. The van der Waals surface area contributed by atoms with Crippen LogP contribution in [-0.4, -0.2) is 56.0 Å². The third-order valence-electron chi connectivity index (χ3n) is 6.58. The van der Waals surface area contributed by atoms with Crippen molar-refractivity contribution in [1.29, 1.82) is 0 Å².